The molecule has 0 aromatic heterocycles. The Labute approximate surface area is 629 Å². The van der Waals surface area contributed by atoms with E-state index < -0.39 is 174 Å². The summed E-state index contributed by atoms with van der Waals surface area (Å²) in [5.74, 6) is -9.14. The number of fused-ring (bicyclic) bond motifs is 5. The first-order valence-electron chi connectivity index (χ1n) is 35.9. The molecule has 5 amide bonds. The molecule has 2 bridgehead atoms. The number of ether oxygens (including phenoxy) is 8. The molecule has 28 nitrogen and oxygen atoms in total. The summed E-state index contributed by atoms with van der Waals surface area (Å²) >= 11 is 0. The average Bonchev–Trinajstić information content (AvgIpc) is 0.668. The molecule has 1 saturated heterocycles. The van der Waals surface area contributed by atoms with Gasteiger partial charge in [0.2, 0.25) is 23.8 Å². The number of unbranched alkanes of at least 4 members (excludes halogenated alkanes) is 1. The molecule has 109 heavy (non-hydrogen) atoms. The van der Waals surface area contributed by atoms with E-state index in [9.17, 15) is 53.4 Å². The largest absolute Gasteiger partial charge is 0.509 e. The molecule has 0 spiro atoms. The van der Waals surface area contributed by atoms with Gasteiger partial charge in [-0.3, -0.25) is 38.9 Å². The van der Waals surface area contributed by atoms with Gasteiger partial charge >= 0.3 is 36.1 Å². The van der Waals surface area contributed by atoms with Crippen molar-refractivity contribution in [3.63, 3.8) is 0 Å². The topological polar surface area (TPSA) is 414 Å². The van der Waals surface area contributed by atoms with Crippen LogP contribution in [0.5, 0.6) is 0 Å². The molecular formula is C81H91N7O21. The van der Waals surface area contributed by atoms with Crippen LogP contribution in [0.3, 0.4) is 0 Å². The quantitative estimate of drug-likeness (QED) is 0.00994. The van der Waals surface area contributed by atoms with E-state index in [1.807, 2.05) is 30.3 Å². The van der Waals surface area contributed by atoms with Gasteiger partial charge in [-0.05, 0) is 129 Å². The number of Topliss-reactive ketones (excluding diaryl/α,β-unsaturated/α-hetero) is 1. The molecule has 14 atom stereocenters. The maximum atomic E-state index is 16.0. The van der Waals surface area contributed by atoms with Crippen molar-refractivity contribution in [1.29, 1.82) is 0 Å². The van der Waals surface area contributed by atoms with Gasteiger partial charge in [0.15, 0.2) is 17.5 Å². The van der Waals surface area contributed by atoms with Crippen LogP contribution in [-0.2, 0) is 91.1 Å². The Balaban J connectivity index is 0.858. The van der Waals surface area contributed by atoms with Crippen molar-refractivity contribution in [3.05, 3.63) is 214 Å². The Morgan fingerprint density at radius 1 is 0.642 bits per heavy atom. The minimum absolute atomic E-state index is 0.000393. The first kappa shape index (κ1) is 80.4. The number of nitrogens with one attached hydrogen (secondary N) is 5. The average molecular weight is 1500 g/mol. The highest BCUT2D eigenvalue weighted by Crippen LogP contribution is 2.64. The van der Waals surface area contributed by atoms with Gasteiger partial charge in [-0.2, -0.15) is 0 Å². The first-order chi connectivity index (χ1) is 52.0. The maximum Gasteiger partial charge on any atom is 0.509 e. The highest BCUT2D eigenvalue weighted by atomic mass is 16.7. The lowest BCUT2D eigenvalue weighted by molar-refractivity contribution is -0.346. The minimum atomic E-state index is -2.56. The molecule has 1 unspecified atom stereocenters. The van der Waals surface area contributed by atoms with E-state index in [1.54, 1.807) is 91.0 Å². The summed E-state index contributed by atoms with van der Waals surface area (Å²) in [4.78, 5) is 155. The van der Waals surface area contributed by atoms with Crippen LogP contribution in [0.15, 0.2) is 181 Å². The van der Waals surface area contributed by atoms with Crippen LogP contribution in [-0.4, -0.2) is 155 Å². The van der Waals surface area contributed by atoms with E-state index in [-0.39, 0.29) is 59.4 Å². The third-order valence-electron chi connectivity index (χ3n) is 20.7. The maximum absolute atomic E-state index is 16.0. The lowest BCUT2D eigenvalue weighted by Gasteiger charge is -2.67. The molecule has 6 aromatic rings. The van der Waals surface area contributed by atoms with Gasteiger partial charge in [0, 0.05) is 55.5 Å². The van der Waals surface area contributed by atoms with Gasteiger partial charge in [-0.15, -0.1) is 0 Å². The number of rotatable bonds is 28. The molecule has 4 aliphatic rings. The lowest BCUT2D eigenvalue weighted by Crippen LogP contribution is -2.82. The fourth-order valence-electron chi connectivity index (χ4n) is 14.9. The SMILES string of the molecule is CC(=O)O[C@H]1C(=O)[C@@]2(C)C([C@H](OC(=O)c3ccccc3)[C@]3(O)C[C@H](OC(=O)[C@H](OC(=O)OCc4ccc(NC(=O)OCc5ccc(NC(=O)[C@H](CCCCN)NC(=O)[C@H](Cc6ccccc6)NC(=O)[C@@H](C)N)cc5)cc4)[C@@H](NC(=O)c4ccccc4)c4ccccc4)C(C)=C1C3(C)C)[C@]1(OC(C)=O)CO[C@@H]1C[C@@H]2O. The molecule has 1 aliphatic heterocycles. The summed E-state index contributed by atoms with van der Waals surface area (Å²) in [5, 5.41) is 40.3. The monoisotopic (exact) mass is 1500 g/mol. The highest BCUT2D eigenvalue weighted by molar-refractivity contribution is 5.99. The van der Waals surface area contributed by atoms with E-state index in [0.717, 1.165) is 19.4 Å². The Morgan fingerprint density at radius 2 is 1.21 bits per heavy atom. The van der Waals surface area contributed by atoms with Crippen molar-refractivity contribution >= 4 is 76.9 Å². The molecule has 3 fully saturated rings. The number of amides is 5. The number of aliphatic hydroxyl groups is 2. The zero-order valence-electron chi connectivity index (χ0n) is 61.4. The van der Waals surface area contributed by atoms with Crippen LogP contribution in [0.2, 0.25) is 0 Å². The number of ketones is 1. The summed E-state index contributed by atoms with van der Waals surface area (Å²) in [7, 11) is 0. The third kappa shape index (κ3) is 18.2. The van der Waals surface area contributed by atoms with Gasteiger partial charge < -0.3 is 80.8 Å². The normalized spacial score (nSPS) is 23.6. The van der Waals surface area contributed by atoms with Crippen LogP contribution in [0.4, 0.5) is 21.0 Å². The molecule has 2 saturated carbocycles. The second-order valence-corrected chi connectivity index (χ2v) is 28.5. The Hall–Kier alpha value is -11.2. The molecule has 11 N–H and O–H groups in total. The van der Waals surface area contributed by atoms with E-state index in [4.69, 9.17) is 49.4 Å². The summed E-state index contributed by atoms with van der Waals surface area (Å²) in [6.45, 7) is 8.83. The minimum Gasteiger partial charge on any atom is -0.455 e. The fourth-order valence-corrected chi connectivity index (χ4v) is 14.9. The molecular weight excluding hydrogens is 1410 g/mol. The van der Waals surface area contributed by atoms with Crippen LogP contribution >= 0.6 is 0 Å². The van der Waals surface area contributed by atoms with Gasteiger partial charge in [0.1, 0.15) is 55.3 Å². The standard InChI is InChI=1S/C81H91N7O21/c1-46-60(42-81(101)69(108-74(97)55-28-18-11-19-29-55)67-79(7,61(91)41-62-80(67,45-104-62)109-49(4)90)68(92)65(105-48(3)89)63(46)78(81,5)6)106-75(98)66(64(53-24-14-9-15-25-53)88-71(94)54-26-16-10-17-27-54)107-77(100)103-44-52-33-37-57(38-34-52)85-76(99)102-43-51-31-35-56(36-32-51)84-72(95)58(30-20-21-39-82)86-73(96)59(87-70(93)47(2)83)40-50-22-12-8-13-23-50/h8-19,22-29,31-38,47,58-62,64-67,69,91,101H,20-21,30,39-45,82-83H2,1-7H3,(H,84,95)(H,85,99)(H,86,96)(H,87,93)(H,88,94)/t47-,58+,59+,60+,61+,62-,64+,65-,66-,67?,69+,79-,80+,81-/m1/s1. The fraction of sp³-hybridized carbons (Fsp3) is 0.395. The number of benzene rings is 6. The number of hydrogen-bond donors (Lipinski definition) is 9. The second-order valence-electron chi connectivity index (χ2n) is 28.5. The van der Waals surface area contributed by atoms with Gasteiger partial charge in [-0.25, -0.2) is 19.2 Å². The van der Waals surface area contributed by atoms with Crippen LogP contribution in [0, 0.1) is 16.7 Å². The summed E-state index contributed by atoms with van der Waals surface area (Å²) in [6, 6.07) is 40.6. The summed E-state index contributed by atoms with van der Waals surface area (Å²) in [5.41, 5.74) is 5.77. The summed E-state index contributed by atoms with van der Waals surface area (Å²) < 4.78 is 48.2. The van der Waals surface area contributed by atoms with Crippen LogP contribution in [0.1, 0.15) is 130 Å². The first-order valence-corrected chi connectivity index (χ1v) is 35.9. The third-order valence-corrected chi connectivity index (χ3v) is 20.7. The van der Waals surface area contributed by atoms with E-state index >= 15 is 9.59 Å². The van der Waals surface area contributed by atoms with Crippen LogP contribution in [0.25, 0.3) is 0 Å². The summed E-state index contributed by atoms with van der Waals surface area (Å²) in [6.07, 6.45) is -12.3. The van der Waals surface area contributed by atoms with Crippen molar-refractivity contribution in [2.24, 2.45) is 28.2 Å². The number of hydrogen-bond acceptors (Lipinski definition) is 23. The van der Waals surface area contributed by atoms with Crippen LogP contribution < -0.4 is 38.1 Å². The molecule has 3 aliphatic carbocycles. The predicted octanol–water partition coefficient (Wildman–Crippen LogP) is 7.47. The molecule has 6 aromatic carbocycles. The van der Waals surface area contributed by atoms with E-state index in [1.165, 1.54) is 83.1 Å². The molecule has 10 rings (SSSR count). The van der Waals surface area contributed by atoms with Crippen molar-refractivity contribution < 1.29 is 101 Å². The smallest absolute Gasteiger partial charge is 0.455 e. The Morgan fingerprint density at radius 3 is 1.78 bits per heavy atom. The van der Waals surface area contributed by atoms with Crippen molar-refractivity contribution in [1.82, 2.24) is 16.0 Å². The zero-order valence-corrected chi connectivity index (χ0v) is 61.4. The van der Waals surface area contributed by atoms with Crippen molar-refractivity contribution in [2.75, 3.05) is 23.8 Å². The number of esters is 4. The van der Waals surface area contributed by atoms with Gasteiger partial charge in [0.05, 0.1) is 35.6 Å². The Kier molecular flexibility index (Phi) is 25.7. The van der Waals surface area contributed by atoms with Crippen molar-refractivity contribution in [2.45, 2.75) is 172 Å². The number of aliphatic hydroxyl groups excluding tert-OH is 1. The van der Waals surface area contributed by atoms with Gasteiger partial charge in [-0.1, -0.05) is 135 Å². The lowest BCUT2D eigenvalue weighted by atomic mass is 9.44. The molecule has 576 valence electrons. The second kappa shape index (κ2) is 34.8. The highest BCUT2D eigenvalue weighted by Gasteiger charge is 2.78. The number of carbonyl (C=O) groups excluding carboxylic acids is 11. The predicted molar refractivity (Wildman–Crippen MR) is 393 cm³/mol. The number of nitrogens with two attached hydrogens (primary N) is 2. The zero-order chi connectivity index (χ0) is 78.5. The van der Waals surface area contributed by atoms with Gasteiger partial charge in [0.25, 0.3) is 5.91 Å². The molecule has 28 heteroatoms. The molecule has 0 radical (unpaired) electrons. The van der Waals surface area contributed by atoms with E-state index in [0.29, 0.717) is 36.2 Å². The van der Waals surface area contributed by atoms with Crippen molar-refractivity contribution in [3.8, 4) is 0 Å². The molecule has 1 heterocycles. The van der Waals surface area contributed by atoms with E-state index in [2.05, 4.69) is 26.6 Å². The Bertz CT molecular complexity index is 4340. The number of carbonyl (C=O) groups is 11. The number of anilines is 2.